The molecule has 5 nitrogen and oxygen atoms in total. The van der Waals surface area contributed by atoms with Gasteiger partial charge in [0.05, 0.1) is 11.5 Å². The number of hydrogen-bond donors (Lipinski definition) is 0. The zero-order valence-electron chi connectivity index (χ0n) is 7.81. The van der Waals surface area contributed by atoms with Gasteiger partial charge in [-0.3, -0.25) is 0 Å². The second-order valence-corrected chi connectivity index (χ2v) is 3.04. The Morgan fingerprint density at radius 1 is 1.57 bits per heavy atom. The number of aryl methyl sites for hydroxylation is 2. The number of carbonyl (C=O) groups is 1. The lowest BCUT2D eigenvalue weighted by Crippen LogP contribution is -2.23. The van der Waals surface area contributed by atoms with Gasteiger partial charge in [0, 0.05) is 18.8 Å². The number of carbonyl (C=O) groups excluding carboxylic acids is 1. The molecule has 0 saturated heterocycles. The van der Waals surface area contributed by atoms with Crippen molar-refractivity contribution in [2.24, 2.45) is 7.05 Å². The number of hydrogen-bond acceptors (Lipinski definition) is 4. The number of carboxylic acids is 1. The van der Waals surface area contributed by atoms with Crippen molar-refractivity contribution in [3.63, 3.8) is 0 Å². The topological polar surface area (TPSA) is 70.8 Å². The molecule has 0 radical (unpaired) electrons. The summed E-state index contributed by atoms with van der Waals surface area (Å²) in [6.45, 7) is 1.79. The van der Waals surface area contributed by atoms with Crippen LogP contribution in [0.5, 0.6) is 0 Å². The van der Waals surface area contributed by atoms with Gasteiger partial charge in [-0.25, -0.2) is 9.97 Å². The molecular weight excluding hydrogens is 182 g/mol. The van der Waals surface area contributed by atoms with Gasteiger partial charge >= 0.3 is 0 Å². The van der Waals surface area contributed by atoms with E-state index < -0.39 is 5.97 Å². The minimum absolute atomic E-state index is 0.123. The summed E-state index contributed by atoms with van der Waals surface area (Å²) in [6, 6.07) is 1.42. The molecule has 0 N–H and O–H groups in total. The molecular formula is C9H8N3O2-. The van der Waals surface area contributed by atoms with Gasteiger partial charge in [-0.05, 0) is 13.0 Å². The molecule has 5 heteroatoms. The zero-order chi connectivity index (χ0) is 10.3. The number of fused-ring (bicyclic) bond motifs is 1. The first kappa shape index (κ1) is 8.68. The Bertz CT molecular complexity index is 516. The lowest BCUT2D eigenvalue weighted by Gasteiger charge is -2.05. The summed E-state index contributed by atoms with van der Waals surface area (Å²) in [7, 11) is 1.75. The molecule has 0 amide bonds. The first-order chi connectivity index (χ1) is 6.61. The van der Waals surface area contributed by atoms with Gasteiger partial charge in [-0.15, -0.1) is 0 Å². The average Bonchev–Trinajstić information content (AvgIpc) is 2.43. The normalized spacial score (nSPS) is 10.7. The Morgan fingerprint density at radius 3 is 2.93 bits per heavy atom. The van der Waals surface area contributed by atoms with Crippen molar-refractivity contribution in [3.8, 4) is 0 Å². The van der Waals surface area contributed by atoms with Crippen LogP contribution in [0.3, 0.4) is 0 Å². The quantitative estimate of drug-likeness (QED) is 0.615. The first-order valence-corrected chi connectivity index (χ1v) is 4.10. The van der Waals surface area contributed by atoms with Crippen LogP contribution in [-0.4, -0.2) is 20.5 Å². The summed E-state index contributed by atoms with van der Waals surface area (Å²) >= 11 is 0. The maximum absolute atomic E-state index is 10.8. The van der Waals surface area contributed by atoms with Gasteiger partial charge in [0.25, 0.3) is 0 Å². The number of aromatic nitrogens is 3. The smallest absolute Gasteiger partial charge is 0.178 e. The average molecular weight is 190 g/mol. The fourth-order valence-corrected chi connectivity index (χ4v) is 1.41. The van der Waals surface area contributed by atoms with Crippen molar-refractivity contribution in [3.05, 3.63) is 23.7 Å². The molecule has 72 valence electrons. The van der Waals surface area contributed by atoms with E-state index in [0.717, 1.165) is 5.82 Å². The second kappa shape index (κ2) is 2.80. The third-order valence-electron chi connectivity index (χ3n) is 2.21. The summed E-state index contributed by atoms with van der Waals surface area (Å²) < 4.78 is 1.69. The number of imidazole rings is 1. The number of aromatic carboxylic acids is 1. The van der Waals surface area contributed by atoms with Crippen molar-refractivity contribution in [1.29, 1.82) is 0 Å². The number of nitrogens with zero attached hydrogens (tertiary/aromatic N) is 3. The van der Waals surface area contributed by atoms with Crippen LogP contribution in [0.4, 0.5) is 0 Å². The summed E-state index contributed by atoms with van der Waals surface area (Å²) in [6.07, 6.45) is 1.42. The molecule has 2 heterocycles. The van der Waals surface area contributed by atoms with Crippen molar-refractivity contribution in [1.82, 2.24) is 14.5 Å². The minimum atomic E-state index is -1.21. The molecule has 0 saturated carbocycles. The van der Waals surface area contributed by atoms with Gasteiger partial charge in [0.2, 0.25) is 0 Å². The Kier molecular flexibility index (Phi) is 1.73. The van der Waals surface area contributed by atoms with Crippen molar-refractivity contribution in [2.75, 3.05) is 0 Å². The summed E-state index contributed by atoms with van der Waals surface area (Å²) in [5.41, 5.74) is 1.06. The third-order valence-corrected chi connectivity index (χ3v) is 2.21. The largest absolute Gasteiger partial charge is 0.545 e. The molecule has 0 spiro atoms. The van der Waals surface area contributed by atoms with E-state index in [1.54, 1.807) is 18.5 Å². The van der Waals surface area contributed by atoms with E-state index in [1.165, 1.54) is 12.3 Å². The molecule has 0 fully saturated rings. The molecule has 0 aliphatic carbocycles. The summed E-state index contributed by atoms with van der Waals surface area (Å²) in [5, 5.41) is 10.8. The molecule has 14 heavy (non-hydrogen) atoms. The highest BCUT2D eigenvalue weighted by molar-refractivity contribution is 5.98. The maximum Gasteiger partial charge on any atom is 0.178 e. The van der Waals surface area contributed by atoms with Gasteiger partial charge in [-0.1, -0.05) is 0 Å². The maximum atomic E-state index is 10.8. The number of rotatable bonds is 1. The predicted molar refractivity (Wildman–Crippen MR) is 47.6 cm³/mol. The highest BCUT2D eigenvalue weighted by atomic mass is 16.4. The van der Waals surface area contributed by atoms with Crippen LogP contribution in [0.2, 0.25) is 0 Å². The molecule has 2 aromatic rings. The van der Waals surface area contributed by atoms with E-state index >= 15 is 0 Å². The van der Waals surface area contributed by atoms with Crippen LogP contribution in [0.25, 0.3) is 11.2 Å². The number of carboxylic acid groups (broad SMARTS) is 1. The third kappa shape index (κ3) is 1.06. The molecule has 0 unspecified atom stereocenters. The molecule has 0 aliphatic rings. The van der Waals surface area contributed by atoms with Crippen LogP contribution >= 0.6 is 0 Å². The first-order valence-electron chi connectivity index (χ1n) is 4.10. The SMILES string of the molecule is Cc1nc2nccc(C(=O)[O-])c2n1C. The molecule has 0 bridgehead atoms. The van der Waals surface area contributed by atoms with E-state index in [-0.39, 0.29) is 5.56 Å². The Hall–Kier alpha value is -1.91. The summed E-state index contributed by atoms with van der Waals surface area (Å²) in [4.78, 5) is 18.9. The fraction of sp³-hybridized carbons (Fsp3) is 0.222. The van der Waals surface area contributed by atoms with Crippen molar-refractivity contribution in [2.45, 2.75) is 6.92 Å². The van der Waals surface area contributed by atoms with Crippen LogP contribution in [0.15, 0.2) is 12.3 Å². The van der Waals surface area contributed by atoms with E-state index in [4.69, 9.17) is 0 Å². The van der Waals surface area contributed by atoms with Gasteiger partial charge in [0.15, 0.2) is 5.65 Å². The molecule has 2 aromatic heterocycles. The summed E-state index contributed by atoms with van der Waals surface area (Å²) in [5.74, 6) is -0.485. The van der Waals surface area contributed by atoms with Gasteiger partial charge < -0.3 is 14.5 Å². The molecule has 0 aliphatic heterocycles. The lowest BCUT2D eigenvalue weighted by molar-refractivity contribution is -0.254. The van der Waals surface area contributed by atoms with E-state index in [1.807, 2.05) is 0 Å². The van der Waals surface area contributed by atoms with Gasteiger partial charge in [-0.2, -0.15) is 0 Å². The second-order valence-electron chi connectivity index (χ2n) is 3.04. The minimum Gasteiger partial charge on any atom is -0.545 e. The van der Waals surface area contributed by atoms with Crippen molar-refractivity contribution >= 4 is 17.1 Å². The van der Waals surface area contributed by atoms with Crippen LogP contribution in [0.1, 0.15) is 16.2 Å². The van der Waals surface area contributed by atoms with E-state index in [0.29, 0.717) is 11.2 Å². The molecule has 0 atom stereocenters. The van der Waals surface area contributed by atoms with Crippen LogP contribution in [0, 0.1) is 6.92 Å². The molecule has 0 aromatic carbocycles. The predicted octanol–water partition coefficient (Wildman–Crippen LogP) is -0.360. The standard InChI is InChI=1S/C9H9N3O2/c1-5-11-8-7(12(5)2)6(9(13)14)3-4-10-8/h3-4H,1-2H3,(H,13,14)/p-1. The number of pyridine rings is 1. The van der Waals surface area contributed by atoms with E-state index in [2.05, 4.69) is 9.97 Å². The van der Waals surface area contributed by atoms with E-state index in [9.17, 15) is 9.90 Å². The fourth-order valence-electron chi connectivity index (χ4n) is 1.41. The Morgan fingerprint density at radius 2 is 2.29 bits per heavy atom. The van der Waals surface area contributed by atoms with Crippen molar-refractivity contribution < 1.29 is 9.90 Å². The lowest BCUT2D eigenvalue weighted by atomic mass is 10.2. The Labute approximate surface area is 80.0 Å². The Balaban J connectivity index is 2.91. The van der Waals surface area contributed by atoms with Gasteiger partial charge in [0.1, 0.15) is 5.82 Å². The highest BCUT2D eigenvalue weighted by Gasteiger charge is 2.09. The zero-order valence-corrected chi connectivity index (χ0v) is 7.81. The highest BCUT2D eigenvalue weighted by Crippen LogP contribution is 2.16. The van der Waals surface area contributed by atoms with Crippen LogP contribution < -0.4 is 5.11 Å². The molecule has 2 rings (SSSR count). The van der Waals surface area contributed by atoms with Crippen LogP contribution in [-0.2, 0) is 7.05 Å². The monoisotopic (exact) mass is 190 g/mol.